The Morgan fingerprint density at radius 2 is 2.19 bits per heavy atom. The van der Waals surface area contributed by atoms with Crippen LogP contribution in [0.1, 0.15) is 6.92 Å². The van der Waals surface area contributed by atoms with Crippen molar-refractivity contribution in [2.24, 2.45) is 7.05 Å². The first-order valence-corrected chi connectivity index (χ1v) is 5.58. The van der Waals surface area contributed by atoms with E-state index in [2.05, 4.69) is 17.2 Å². The second-order valence-electron chi connectivity index (χ2n) is 3.64. The molecule has 0 fully saturated rings. The Bertz CT molecular complexity index is 464. The molecule has 1 N–H and O–H groups in total. The van der Waals surface area contributed by atoms with E-state index in [-0.39, 0.29) is 0 Å². The van der Waals surface area contributed by atoms with Crippen molar-refractivity contribution in [2.75, 3.05) is 19.7 Å². The highest BCUT2D eigenvalue weighted by molar-refractivity contribution is 5.76. The molecule has 0 aliphatic carbocycles. The number of imidazole rings is 1. The molecule has 86 valence electrons. The zero-order valence-corrected chi connectivity index (χ0v) is 9.73. The summed E-state index contributed by atoms with van der Waals surface area (Å²) in [6.07, 6.45) is 0. The normalized spacial score (nSPS) is 10.9. The number of fused-ring (bicyclic) bond motifs is 1. The number of nitrogens with one attached hydrogen (secondary N) is 1. The van der Waals surface area contributed by atoms with Crippen LogP contribution in [-0.2, 0) is 7.05 Å². The zero-order chi connectivity index (χ0) is 11.4. The van der Waals surface area contributed by atoms with Crippen LogP contribution in [0.25, 0.3) is 11.0 Å². The third-order valence-electron chi connectivity index (χ3n) is 2.51. The highest BCUT2D eigenvalue weighted by Crippen LogP contribution is 2.18. The molecular formula is C12H17N3O. The number of aryl methyl sites for hydroxylation is 1. The van der Waals surface area contributed by atoms with E-state index in [4.69, 9.17) is 4.74 Å². The maximum Gasteiger partial charge on any atom is 0.297 e. The van der Waals surface area contributed by atoms with Crippen LogP contribution in [0.2, 0.25) is 0 Å². The molecule has 4 nitrogen and oxygen atoms in total. The smallest absolute Gasteiger partial charge is 0.297 e. The topological polar surface area (TPSA) is 39.1 Å². The molecule has 0 saturated carbocycles. The molecule has 0 aliphatic heterocycles. The minimum absolute atomic E-state index is 0.644. The molecular weight excluding hydrogens is 202 g/mol. The van der Waals surface area contributed by atoms with E-state index in [1.165, 1.54) is 0 Å². The van der Waals surface area contributed by atoms with Gasteiger partial charge in [-0.3, -0.25) is 4.57 Å². The largest absolute Gasteiger partial charge is 0.463 e. The quantitative estimate of drug-likeness (QED) is 0.776. The summed E-state index contributed by atoms with van der Waals surface area (Å²) in [5.74, 6) is 0. The van der Waals surface area contributed by atoms with E-state index < -0.39 is 0 Å². The summed E-state index contributed by atoms with van der Waals surface area (Å²) >= 11 is 0. The molecule has 0 aliphatic rings. The SMILES string of the molecule is CCNCCOc1nc2ccccc2n1C. The second-order valence-corrected chi connectivity index (χ2v) is 3.64. The van der Waals surface area contributed by atoms with Crippen molar-refractivity contribution in [3.8, 4) is 6.01 Å². The zero-order valence-electron chi connectivity index (χ0n) is 9.73. The number of nitrogens with zero attached hydrogens (tertiary/aromatic N) is 2. The molecule has 1 aromatic heterocycles. The van der Waals surface area contributed by atoms with E-state index in [0.717, 1.165) is 24.1 Å². The van der Waals surface area contributed by atoms with Crippen LogP contribution in [0.4, 0.5) is 0 Å². The van der Waals surface area contributed by atoms with Crippen LogP contribution >= 0.6 is 0 Å². The van der Waals surface area contributed by atoms with E-state index >= 15 is 0 Å². The van der Waals surface area contributed by atoms with Crippen molar-refractivity contribution in [1.29, 1.82) is 0 Å². The summed E-state index contributed by atoms with van der Waals surface area (Å²) in [5.41, 5.74) is 2.07. The highest BCUT2D eigenvalue weighted by atomic mass is 16.5. The Labute approximate surface area is 95.2 Å². The summed E-state index contributed by atoms with van der Waals surface area (Å²) in [6, 6.07) is 8.70. The monoisotopic (exact) mass is 219 g/mol. The minimum Gasteiger partial charge on any atom is -0.463 e. The first-order chi connectivity index (χ1) is 7.83. The lowest BCUT2D eigenvalue weighted by Crippen LogP contribution is -2.21. The van der Waals surface area contributed by atoms with E-state index in [0.29, 0.717) is 12.6 Å². The van der Waals surface area contributed by atoms with Crippen molar-refractivity contribution < 1.29 is 4.74 Å². The molecule has 0 unspecified atom stereocenters. The van der Waals surface area contributed by atoms with Gasteiger partial charge in [-0.05, 0) is 18.7 Å². The molecule has 1 aromatic carbocycles. The fourth-order valence-electron chi connectivity index (χ4n) is 1.64. The van der Waals surface area contributed by atoms with Gasteiger partial charge < -0.3 is 10.1 Å². The molecule has 1 heterocycles. The first kappa shape index (κ1) is 11.0. The molecule has 0 bridgehead atoms. The van der Waals surface area contributed by atoms with Crippen molar-refractivity contribution in [3.63, 3.8) is 0 Å². The van der Waals surface area contributed by atoms with Gasteiger partial charge in [0.15, 0.2) is 0 Å². The van der Waals surface area contributed by atoms with Gasteiger partial charge in [0.2, 0.25) is 0 Å². The van der Waals surface area contributed by atoms with Gasteiger partial charge in [0.1, 0.15) is 6.61 Å². The summed E-state index contributed by atoms with van der Waals surface area (Å²) in [7, 11) is 1.97. The number of likely N-dealkylation sites (N-methyl/N-ethyl adjacent to an activating group) is 1. The fraction of sp³-hybridized carbons (Fsp3) is 0.417. The van der Waals surface area contributed by atoms with Gasteiger partial charge in [0, 0.05) is 13.6 Å². The summed E-state index contributed by atoms with van der Waals surface area (Å²) in [4.78, 5) is 4.42. The van der Waals surface area contributed by atoms with E-state index in [1.807, 2.05) is 35.9 Å². The number of rotatable bonds is 5. The molecule has 0 radical (unpaired) electrons. The summed E-state index contributed by atoms with van der Waals surface area (Å²) in [6.45, 7) is 4.53. The van der Waals surface area contributed by atoms with Crippen LogP contribution in [0.5, 0.6) is 6.01 Å². The Morgan fingerprint density at radius 3 is 2.94 bits per heavy atom. The number of hydrogen-bond acceptors (Lipinski definition) is 3. The number of benzene rings is 1. The Balaban J connectivity index is 2.09. The van der Waals surface area contributed by atoms with Gasteiger partial charge in [-0.1, -0.05) is 19.1 Å². The molecule has 2 rings (SSSR count). The van der Waals surface area contributed by atoms with Crippen LogP contribution in [-0.4, -0.2) is 29.2 Å². The predicted molar refractivity (Wildman–Crippen MR) is 64.8 cm³/mol. The summed E-state index contributed by atoms with van der Waals surface area (Å²) < 4.78 is 7.59. The maximum atomic E-state index is 5.61. The summed E-state index contributed by atoms with van der Waals surface area (Å²) in [5, 5.41) is 3.21. The molecule has 2 aromatic rings. The van der Waals surface area contributed by atoms with Crippen molar-refractivity contribution in [1.82, 2.24) is 14.9 Å². The molecule has 0 amide bonds. The van der Waals surface area contributed by atoms with Crippen molar-refractivity contribution in [3.05, 3.63) is 24.3 Å². The average molecular weight is 219 g/mol. The average Bonchev–Trinajstić information content (AvgIpc) is 2.63. The van der Waals surface area contributed by atoms with Crippen LogP contribution < -0.4 is 10.1 Å². The van der Waals surface area contributed by atoms with E-state index in [1.54, 1.807) is 0 Å². The third-order valence-corrected chi connectivity index (χ3v) is 2.51. The number of ether oxygens (including phenoxy) is 1. The number of para-hydroxylation sites is 2. The molecule has 0 spiro atoms. The van der Waals surface area contributed by atoms with Crippen LogP contribution in [0.3, 0.4) is 0 Å². The van der Waals surface area contributed by atoms with Crippen molar-refractivity contribution >= 4 is 11.0 Å². The highest BCUT2D eigenvalue weighted by Gasteiger charge is 2.06. The maximum absolute atomic E-state index is 5.61. The molecule has 0 atom stereocenters. The molecule has 16 heavy (non-hydrogen) atoms. The minimum atomic E-state index is 0.644. The van der Waals surface area contributed by atoms with E-state index in [9.17, 15) is 0 Å². The van der Waals surface area contributed by atoms with Gasteiger partial charge in [-0.25, -0.2) is 0 Å². The Kier molecular flexibility index (Phi) is 3.41. The molecule has 4 heteroatoms. The lowest BCUT2D eigenvalue weighted by molar-refractivity contribution is 0.284. The third kappa shape index (κ3) is 2.17. The van der Waals surface area contributed by atoms with Gasteiger partial charge in [0.05, 0.1) is 11.0 Å². The second kappa shape index (κ2) is 4.99. The lowest BCUT2D eigenvalue weighted by atomic mass is 10.3. The first-order valence-electron chi connectivity index (χ1n) is 5.58. The van der Waals surface area contributed by atoms with Gasteiger partial charge in [-0.15, -0.1) is 0 Å². The fourth-order valence-corrected chi connectivity index (χ4v) is 1.64. The van der Waals surface area contributed by atoms with Crippen molar-refractivity contribution in [2.45, 2.75) is 6.92 Å². The number of hydrogen-bond donors (Lipinski definition) is 1. The van der Waals surface area contributed by atoms with Gasteiger partial charge in [0.25, 0.3) is 6.01 Å². The Morgan fingerprint density at radius 1 is 1.38 bits per heavy atom. The molecule has 0 saturated heterocycles. The standard InChI is InChI=1S/C12H17N3O/c1-3-13-8-9-16-12-14-10-6-4-5-7-11(10)15(12)2/h4-7,13H,3,8-9H2,1-2H3. The Hall–Kier alpha value is -1.55. The predicted octanol–water partition coefficient (Wildman–Crippen LogP) is 1.56. The van der Waals surface area contributed by atoms with Gasteiger partial charge >= 0.3 is 0 Å². The van der Waals surface area contributed by atoms with Crippen LogP contribution in [0.15, 0.2) is 24.3 Å². The van der Waals surface area contributed by atoms with Gasteiger partial charge in [-0.2, -0.15) is 4.98 Å². The number of aromatic nitrogens is 2. The van der Waals surface area contributed by atoms with Crippen LogP contribution in [0, 0.1) is 0 Å². The lowest BCUT2D eigenvalue weighted by Gasteiger charge is -2.05.